The van der Waals surface area contributed by atoms with Crippen LogP contribution in [0.25, 0.3) is 0 Å². The molecule has 0 bridgehead atoms. The molecule has 1 aromatic rings. The largest absolute Gasteiger partial charge is 0.333 e. The Hall–Kier alpha value is -1.48. The molecular formula is C10H14N4OS. The van der Waals surface area contributed by atoms with Gasteiger partial charge in [-0.3, -0.25) is 4.79 Å². The van der Waals surface area contributed by atoms with Crippen molar-refractivity contribution >= 4 is 17.4 Å². The molecular weight excluding hydrogens is 224 g/mol. The highest BCUT2D eigenvalue weighted by atomic mass is 32.1. The van der Waals surface area contributed by atoms with Crippen LogP contribution < -0.4 is 5.32 Å². The highest BCUT2D eigenvalue weighted by Gasteiger charge is 2.23. The van der Waals surface area contributed by atoms with E-state index < -0.39 is 5.54 Å². The van der Waals surface area contributed by atoms with E-state index in [0.29, 0.717) is 10.6 Å². The Morgan fingerprint density at radius 3 is 2.88 bits per heavy atom. The van der Waals surface area contributed by atoms with E-state index in [4.69, 9.17) is 5.26 Å². The summed E-state index contributed by atoms with van der Waals surface area (Å²) in [5.41, 5.74) is -0.163. The van der Waals surface area contributed by atoms with Crippen LogP contribution in [0.3, 0.4) is 0 Å². The number of carbonyl (C=O) groups is 1. The molecule has 0 saturated heterocycles. The molecule has 6 heteroatoms. The minimum atomic E-state index is -0.870. The summed E-state index contributed by atoms with van der Waals surface area (Å²) < 4.78 is 3.77. The molecule has 0 atom stereocenters. The third-order valence-corrected chi connectivity index (χ3v) is 2.72. The lowest BCUT2D eigenvalue weighted by molar-refractivity contribution is 0.0932. The minimum absolute atomic E-state index is 0.273. The average molecular weight is 238 g/mol. The van der Waals surface area contributed by atoms with Gasteiger partial charge in [-0.05, 0) is 31.8 Å². The van der Waals surface area contributed by atoms with Gasteiger partial charge in [-0.1, -0.05) is 17.8 Å². The fourth-order valence-corrected chi connectivity index (χ4v) is 1.75. The first-order valence-electron chi connectivity index (χ1n) is 5.05. The molecule has 0 aliphatic carbocycles. The molecule has 1 amide bonds. The van der Waals surface area contributed by atoms with Gasteiger partial charge in [0.2, 0.25) is 0 Å². The third kappa shape index (κ3) is 3.00. The van der Waals surface area contributed by atoms with Gasteiger partial charge in [0.05, 0.1) is 11.8 Å². The van der Waals surface area contributed by atoms with Crippen LogP contribution in [0.2, 0.25) is 0 Å². The van der Waals surface area contributed by atoms with Crippen molar-refractivity contribution in [2.24, 2.45) is 0 Å². The van der Waals surface area contributed by atoms with Crippen molar-refractivity contribution in [1.29, 1.82) is 5.26 Å². The topological polar surface area (TPSA) is 78.7 Å². The fraction of sp³-hybridized carbons (Fsp3) is 0.600. The van der Waals surface area contributed by atoms with Gasteiger partial charge in [0.25, 0.3) is 5.91 Å². The normalized spacial score (nSPS) is 10.9. The number of nitriles is 1. The lowest BCUT2D eigenvalue weighted by Gasteiger charge is -2.16. The molecule has 0 aliphatic rings. The Bertz CT molecular complexity index is 419. The smallest absolute Gasteiger partial charge is 0.266 e. The average Bonchev–Trinajstić information content (AvgIpc) is 2.66. The van der Waals surface area contributed by atoms with Crippen LogP contribution in [0.1, 0.15) is 42.6 Å². The molecule has 0 spiro atoms. The van der Waals surface area contributed by atoms with E-state index >= 15 is 0 Å². The van der Waals surface area contributed by atoms with Crippen molar-refractivity contribution in [3.63, 3.8) is 0 Å². The van der Waals surface area contributed by atoms with Crippen LogP contribution in [0.15, 0.2) is 0 Å². The minimum Gasteiger partial charge on any atom is -0.333 e. The maximum Gasteiger partial charge on any atom is 0.266 e. The molecule has 0 saturated carbocycles. The number of hydrogen-bond acceptors (Lipinski definition) is 5. The zero-order valence-corrected chi connectivity index (χ0v) is 10.4. The molecule has 0 unspecified atom stereocenters. The maximum atomic E-state index is 11.8. The second-order valence-electron chi connectivity index (χ2n) is 3.99. The molecule has 1 N–H and O–H groups in total. The van der Waals surface area contributed by atoms with Crippen molar-refractivity contribution in [2.45, 2.75) is 39.2 Å². The summed E-state index contributed by atoms with van der Waals surface area (Å²) in [6, 6.07) is 2.02. The number of aromatic nitrogens is 2. The summed E-state index contributed by atoms with van der Waals surface area (Å²) in [6.45, 7) is 5.32. The molecule has 1 rings (SSSR count). The Morgan fingerprint density at radius 1 is 1.62 bits per heavy atom. The number of rotatable bonds is 4. The summed E-state index contributed by atoms with van der Waals surface area (Å²) >= 11 is 1.07. The van der Waals surface area contributed by atoms with Crippen LogP contribution in [0.5, 0.6) is 0 Å². The second-order valence-corrected chi connectivity index (χ2v) is 4.74. The molecule has 16 heavy (non-hydrogen) atoms. The monoisotopic (exact) mass is 238 g/mol. The number of hydrogen-bond donors (Lipinski definition) is 1. The Labute approximate surface area is 98.6 Å². The highest BCUT2D eigenvalue weighted by Crippen LogP contribution is 2.13. The number of nitrogens with zero attached hydrogens (tertiary/aromatic N) is 3. The van der Waals surface area contributed by atoms with Crippen LogP contribution >= 0.6 is 11.5 Å². The van der Waals surface area contributed by atoms with E-state index in [1.54, 1.807) is 13.8 Å². The predicted molar refractivity (Wildman–Crippen MR) is 61.1 cm³/mol. The summed E-state index contributed by atoms with van der Waals surface area (Å²) in [5.74, 6) is -0.273. The molecule has 0 fully saturated rings. The molecule has 0 radical (unpaired) electrons. The van der Waals surface area contributed by atoms with Gasteiger partial charge in [-0.2, -0.15) is 5.26 Å². The van der Waals surface area contributed by atoms with E-state index in [0.717, 1.165) is 24.4 Å². The van der Waals surface area contributed by atoms with Crippen molar-refractivity contribution in [3.8, 4) is 6.07 Å². The van der Waals surface area contributed by atoms with Crippen molar-refractivity contribution < 1.29 is 4.79 Å². The van der Waals surface area contributed by atoms with Crippen molar-refractivity contribution in [1.82, 2.24) is 14.9 Å². The molecule has 0 aromatic carbocycles. The van der Waals surface area contributed by atoms with Gasteiger partial charge >= 0.3 is 0 Å². The van der Waals surface area contributed by atoms with Gasteiger partial charge in [0.1, 0.15) is 10.4 Å². The van der Waals surface area contributed by atoms with Crippen LogP contribution in [0.4, 0.5) is 0 Å². The van der Waals surface area contributed by atoms with Crippen LogP contribution in [-0.4, -0.2) is 21.0 Å². The first-order valence-corrected chi connectivity index (χ1v) is 5.82. The van der Waals surface area contributed by atoms with Gasteiger partial charge in [0.15, 0.2) is 0 Å². The van der Waals surface area contributed by atoms with Gasteiger partial charge < -0.3 is 5.32 Å². The Morgan fingerprint density at radius 2 is 2.31 bits per heavy atom. The summed E-state index contributed by atoms with van der Waals surface area (Å²) in [6.07, 6.45) is 1.64. The first-order chi connectivity index (χ1) is 7.50. The molecule has 5 nitrogen and oxygen atoms in total. The summed E-state index contributed by atoms with van der Waals surface area (Å²) in [4.78, 5) is 12.3. The van der Waals surface area contributed by atoms with E-state index in [9.17, 15) is 4.79 Å². The molecule has 1 aromatic heterocycles. The quantitative estimate of drug-likeness (QED) is 0.862. The molecule has 0 aliphatic heterocycles. The molecule has 1 heterocycles. The van der Waals surface area contributed by atoms with E-state index in [-0.39, 0.29) is 5.91 Å². The lowest BCUT2D eigenvalue weighted by atomic mass is 10.1. The number of amides is 1. The van der Waals surface area contributed by atoms with E-state index in [1.165, 1.54) is 0 Å². The SMILES string of the molecule is CCCc1nnsc1C(=O)NC(C)(C)C#N. The van der Waals surface area contributed by atoms with Crippen molar-refractivity contribution in [2.75, 3.05) is 0 Å². The van der Waals surface area contributed by atoms with Gasteiger partial charge in [-0.15, -0.1) is 5.10 Å². The Balaban J connectivity index is 2.81. The van der Waals surface area contributed by atoms with Gasteiger partial charge in [-0.25, -0.2) is 0 Å². The zero-order valence-electron chi connectivity index (χ0n) is 9.57. The van der Waals surface area contributed by atoms with E-state index in [2.05, 4.69) is 14.9 Å². The standard InChI is InChI=1S/C10H14N4OS/c1-4-5-7-8(16-14-13-7)9(15)12-10(2,3)6-11/h4-5H2,1-3H3,(H,12,15). The van der Waals surface area contributed by atoms with Crippen LogP contribution in [-0.2, 0) is 6.42 Å². The Kier molecular flexibility index (Phi) is 3.96. The third-order valence-electron chi connectivity index (χ3n) is 1.95. The number of nitrogens with one attached hydrogen (secondary N) is 1. The fourth-order valence-electron chi connectivity index (χ4n) is 1.15. The first kappa shape index (κ1) is 12.6. The highest BCUT2D eigenvalue weighted by molar-refractivity contribution is 7.08. The lowest BCUT2D eigenvalue weighted by Crippen LogP contribution is -2.42. The molecule has 86 valence electrons. The summed E-state index contributed by atoms with van der Waals surface area (Å²) in [5, 5.41) is 15.4. The number of carbonyl (C=O) groups excluding carboxylic acids is 1. The zero-order chi connectivity index (χ0) is 12.2. The van der Waals surface area contributed by atoms with Gasteiger partial charge in [0, 0.05) is 0 Å². The summed E-state index contributed by atoms with van der Waals surface area (Å²) in [7, 11) is 0. The second kappa shape index (κ2) is 5.03. The van der Waals surface area contributed by atoms with Crippen LogP contribution in [0, 0.1) is 11.3 Å². The maximum absolute atomic E-state index is 11.8. The number of aryl methyl sites for hydroxylation is 1. The predicted octanol–water partition coefficient (Wildman–Crippen LogP) is 1.52. The van der Waals surface area contributed by atoms with E-state index in [1.807, 2.05) is 13.0 Å². The van der Waals surface area contributed by atoms with Crippen molar-refractivity contribution in [3.05, 3.63) is 10.6 Å².